The van der Waals surface area contributed by atoms with Gasteiger partial charge in [-0.3, -0.25) is 0 Å². The third-order valence-electron chi connectivity index (χ3n) is 2.91. The van der Waals surface area contributed by atoms with Crippen LogP contribution >= 0.6 is 15.9 Å². The maximum Gasteiger partial charge on any atom is 0.120 e. The Bertz CT molecular complexity index is 545. The largest absolute Gasteiger partial charge is 0.382 e. The van der Waals surface area contributed by atoms with Gasteiger partial charge in [-0.25, -0.2) is 4.98 Å². The summed E-state index contributed by atoms with van der Waals surface area (Å²) >= 11 is 3.47. The molecule has 1 aromatic heterocycles. The van der Waals surface area contributed by atoms with Gasteiger partial charge in [0.25, 0.3) is 0 Å². The Morgan fingerprint density at radius 2 is 2.19 bits per heavy atom. The number of aromatic nitrogens is 2. The SMILES string of the molecule is COCCOCCNCc1ncc(-c2cccc(Br)c2)[nH]1. The lowest BCUT2D eigenvalue weighted by Gasteiger charge is -2.04. The topological polar surface area (TPSA) is 59.2 Å². The lowest BCUT2D eigenvalue weighted by Crippen LogP contribution is -2.20. The molecule has 0 saturated carbocycles. The summed E-state index contributed by atoms with van der Waals surface area (Å²) in [5.74, 6) is 0.918. The summed E-state index contributed by atoms with van der Waals surface area (Å²) in [5.41, 5.74) is 2.13. The van der Waals surface area contributed by atoms with E-state index >= 15 is 0 Å². The molecule has 0 aliphatic rings. The van der Waals surface area contributed by atoms with Gasteiger partial charge in [-0.2, -0.15) is 0 Å². The second kappa shape index (κ2) is 8.94. The number of H-pyrrole nitrogens is 1. The maximum atomic E-state index is 5.38. The molecule has 2 aromatic rings. The lowest BCUT2D eigenvalue weighted by molar-refractivity contribution is 0.0718. The van der Waals surface area contributed by atoms with Gasteiger partial charge in [0.15, 0.2) is 0 Å². The summed E-state index contributed by atoms with van der Waals surface area (Å²) in [6.07, 6.45) is 1.86. The number of hydrogen-bond acceptors (Lipinski definition) is 4. The number of imidazole rings is 1. The zero-order valence-electron chi connectivity index (χ0n) is 12.1. The number of nitrogens with one attached hydrogen (secondary N) is 2. The molecule has 0 bridgehead atoms. The van der Waals surface area contributed by atoms with Crippen LogP contribution in [0.5, 0.6) is 0 Å². The predicted molar refractivity (Wildman–Crippen MR) is 86.1 cm³/mol. The Kier molecular flexibility index (Phi) is 6.88. The van der Waals surface area contributed by atoms with Gasteiger partial charge in [0, 0.05) is 23.7 Å². The Balaban J connectivity index is 1.73. The van der Waals surface area contributed by atoms with E-state index in [0.29, 0.717) is 26.4 Å². The molecule has 0 aliphatic heterocycles. The van der Waals surface area contributed by atoms with Crippen molar-refractivity contribution in [2.75, 3.05) is 33.5 Å². The standard InChI is InChI=1S/C15H20BrN3O2/c1-20-7-8-21-6-5-17-11-15-18-10-14(19-15)12-3-2-4-13(16)9-12/h2-4,9-10,17H,5-8,11H2,1H3,(H,18,19). The third-order valence-corrected chi connectivity index (χ3v) is 3.40. The van der Waals surface area contributed by atoms with Gasteiger partial charge in [-0.05, 0) is 12.1 Å². The Labute approximate surface area is 133 Å². The van der Waals surface area contributed by atoms with Crippen molar-refractivity contribution in [1.29, 1.82) is 0 Å². The summed E-state index contributed by atoms with van der Waals surface area (Å²) in [6, 6.07) is 8.13. The van der Waals surface area contributed by atoms with Crippen LogP contribution in [0.25, 0.3) is 11.3 Å². The molecule has 0 fully saturated rings. The first-order valence-corrected chi connectivity index (χ1v) is 7.66. The highest BCUT2D eigenvalue weighted by Crippen LogP contribution is 2.21. The molecule has 0 atom stereocenters. The summed E-state index contributed by atoms with van der Waals surface area (Å²) in [7, 11) is 1.67. The van der Waals surface area contributed by atoms with Crippen molar-refractivity contribution in [2.45, 2.75) is 6.54 Å². The van der Waals surface area contributed by atoms with Crippen molar-refractivity contribution < 1.29 is 9.47 Å². The van der Waals surface area contributed by atoms with E-state index in [1.807, 2.05) is 18.3 Å². The van der Waals surface area contributed by atoms with Crippen LogP contribution in [0, 0.1) is 0 Å². The van der Waals surface area contributed by atoms with E-state index in [2.05, 4.69) is 43.3 Å². The van der Waals surface area contributed by atoms with Crippen LogP contribution in [0.3, 0.4) is 0 Å². The van der Waals surface area contributed by atoms with Crippen LogP contribution in [0.15, 0.2) is 34.9 Å². The van der Waals surface area contributed by atoms with E-state index in [-0.39, 0.29) is 0 Å². The smallest absolute Gasteiger partial charge is 0.120 e. The van der Waals surface area contributed by atoms with Gasteiger partial charge in [0.1, 0.15) is 5.82 Å². The van der Waals surface area contributed by atoms with Crippen LogP contribution in [-0.4, -0.2) is 43.4 Å². The molecule has 114 valence electrons. The highest BCUT2D eigenvalue weighted by Gasteiger charge is 2.03. The number of aromatic amines is 1. The molecular weight excluding hydrogens is 334 g/mol. The minimum Gasteiger partial charge on any atom is -0.382 e. The van der Waals surface area contributed by atoms with Crippen molar-refractivity contribution in [2.24, 2.45) is 0 Å². The van der Waals surface area contributed by atoms with Gasteiger partial charge in [0.05, 0.1) is 38.3 Å². The minimum atomic E-state index is 0.631. The van der Waals surface area contributed by atoms with Crippen molar-refractivity contribution in [3.8, 4) is 11.3 Å². The zero-order valence-corrected chi connectivity index (χ0v) is 13.6. The average Bonchev–Trinajstić information content (AvgIpc) is 2.95. The fourth-order valence-corrected chi connectivity index (χ4v) is 2.25. The number of hydrogen-bond donors (Lipinski definition) is 2. The molecular formula is C15H20BrN3O2. The molecule has 6 heteroatoms. The van der Waals surface area contributed by atoms with E-state index in [1.54, 1.807) is 7.11 Å². The molecule has 0 amide bonds. The first kappa shape index (κ1) is 16.2. The fraction of sp³-hybridized carbons (Fsp3) is 0.400. The van der Waals surface area contributed by atoms with Gasteiger partial charge in [-0.15, -0.1) is 0 Å². The zero-order chi connectivity index (χ0) is 14.9. The van der Waals surface area contributed by atoms with E-state index in [1.165, 1.54) is 0 Å². The molecule has 5 nitrogen and oxygen atoms in total. The van der Waals surface area contributed by atoms with Crippen LogP contribution in [0.2, 0.25) is 0 Å². The second-order valence-corrected chi connectivity index (χ2v) is 5.45. The van der Waals surface area contributed by atoms with Crippen molar-refractivity contribution in [3.63, 3.8) is 0 Å². The van der Waals surface area contributed by atoms with Crippen LogP contribution in [0.4, 0.5) is 0 Å². The minimum absolute atomic E-state index is 0.631. The number of halogens is 1. The summed E-state index contributed by atoms with van der Waals surface area (Å²) in [4.78, 5) is 7.69. The first-order valence-electron chi connectivity index (χ1n) is 6.87. The predicted octanol–water partition coefficient (Wildman–Crippen LogP) is 2.59. The number of ether oxygens (including phenoxy) is 2. The second-order valence-electron chi connectivity index (χ2n) is 4.54. The number of nitrogens with zero attached hydrogens (tertiary/aromatic N) is 1. The van der Waals surface area contributed by atoms with Crippen LogP contribution < -0.4 is 5.32 Å². The van der Waals surface area contributed by atoms with Gasteiger partial charge in [-0.1, -0.05) is 28.1 Å². The maximum absolute atomic E-state index is 5.38. The van der Waals surface area contributed by atoms with Gasteiger partial charge >= 0.3 is 0 Å². The summed E-state index contributed by atoms with van der Waals surface area (Å²) in [5, 5.41) is 3.29. The Morgan fingerprint density at radius 3 is 3.00 bits per heavy atom. The van der Waals surface area contributed by atoms with Crippen molar-refractivity contribution in [3.05, 3.63) is 40.8 Å². The molecule has 2 rings (SSSR count). The average molecular weight is 354 g/mol. The monoisotopic (exact) mass is 353 g/mol. The molecule has 0 unspecified atom stereocenters. The summed E-state index contributed by atoms with van der Waals surface area (Å²) < 4.78 is 11.3. The van der Waals surface area contributed by atoms with Crippen molar-refractivity contribution >= 4 is 15.9 Å². The number of methoxy groups -OCH3 is 1. The van der Waals surface area contributed by atoms with Gasteiger partial charge < -0.3 is 19.8 Å². The molecule has 1 heterocycles. The summed E-state index contributed by atoms with van der Waals surface area (Å²) in [6.45, 7) is 3.42. The molecule has 0 radical (unpaired) electrons. The molecule has 0 spiro atoms. The van der Waals surface area contributed by atoms with E-state index in [9.17, 15) is 0 Å². The lowest BCUT2D eigenvalue weighted by atomic mass is 10.2. The Morgan fingerprint density at radius 1 is 1.29 bits per heavy atom. The van der Waals surface area contributed by atoms with E-state index < -0.39 is 0 Å². The van der Waals surface area contributed by atoms with E-state index in [0.717, 1.165) is 28.1 Å². The molecule has 2 N–H and O–H groups in total. The number of benzene rings is 1. The highest BCUT2D eigenvalue weighted by atomic mass is 79.9. The molecule has 0 saturated heterocycles. The molecule has 21 heavy (non-hydrogen) atoms. The van der Waals surface area contributed by atoms with Crippen LogP contribution in [-0.2, 0) is 16.0 Å². The van der Waals surface area contributed by atoms with Crippen LogP contribution in [0.1, 0.15) is 5.82 Å². The normalized spacial score (nSPS) is 11.0. The van der Waals surface area contributed by atoms with Gasteiger partial charge in [0.2, 0.25) is 0 Å². The molecule has 0 aliphatic carbocycles. The quantitative estimate of drug-likeness (QED) is 0.680. The highest BCUT2D eigenvalue weighted by molar-refractivity contribution is 9.10. The third kappa shape index (κ3) is 5.59. The first-order chi connectivity index (χ1) is 10.3. The fourth-order valence-electron chi connectivity index (χ4n) is 1.85. The van der Waals surface area contributed by atoms with Crippen molar-refractivity contribution in [1.82, 2.24) is 15.3 Å². The van der Waals surface area contributed by atoms with E-state index in [4.69, 9.17) is 9.47 Å². The Hall–Kier alpha value is -1.21. The number of rotatable bonds is 9. The molecule has 1 aromatic carbocycles.